The van der Waals surface area contributed by atoms with Gasteiger partial charge in [0.15, 0.2) is 0 Å². The van der Waals surface area contributed by atoms with Gasteiger partial charge in [0.05, 0.1) is 12.0 Å². The van der Waals surface area contributed by atoms with Gasteiger partial charge in [0.25, 0.3) is 0 Å². The SMILES string of the molecule is Cc1ccc2c(c1)[C@]1(CC(c3ccccc3)=C[C@@H]1c1ccccc1)C(=O)N2Cc1ccccc1. The van der Waals surface area contributed by atoms with Gasteiger partial charge in [-0.25, -0.2) is 0 Å². The van der Waals surface area contributed by atoms with E-state index >= 15 is 0 Å². The minimum atomic E-state index is -0.636. The van der Waals surface area contributed by atoms with Crippen LogP contribution in [0.15, 0.2) is 115 Å². The van der Waals surface area contributed by atoms with Crippen LogP contribution in [-0.4, -0.2) is 5.91 Å². The number of benzene rings is 4. The van der Waals surface area contributed by atoms with Gasteiger partial charge < -0.3 is 4.90 Å². The first-order valence-electron chi connectivity index (χ1n) is 11.9. The lowest BCUT2D eigenvalue weighted by Crippen LogP contribution is -2.42. The van der Waals surface area contributed by atoms with Crippen LogP contribution in [0.5, 0.6) is 0 Å². The maximum Gasteiger partial charge on any atom is 0.239 e. The average Bonchev–Trinajstić information content (AvgIpc) is 3.39. The van der Waals surface area contributed by atoms with E-state index in [1.165, 1.54) is 22.3 Å². The molecule has 34 heavy (non-hydrogen) atoms. The Labute approximate surface area is 201 Å². The molecule has 0 aromatic heterocycles. The Kier molecular flexibility index (Phi) is 4.95. The average molecular weight is 442 g/mol. The Balaban J connectivity index is 1.54. The van der Waals surface area contributed by atoms with Crippen molar-refractivity contribution in [3.8, 4) is 0 Å². The molecule has 4 aromatic rings. The van der Waals surface area contributed by atoms with Gasteiger partial charge in [-0.1, -0.05) is 115 Å². The number of aryl methyl sites for hydroxylation is 1. The summed E-state index contributed by atoms with van der Waals surface area (Å²) in [5, 5.41) is 0. The van der Waals surface area contributed by atoms with E-state index in [4.69, 9.17) is 0 Å². The van der Waals surface area contributed by atoms with Crippen molar-refractivity contribution in [2.75, 3.05) is 4.90 Å². The van der Waals surface area contributed by atoms with Crippen LogP contribution in [0.4, 0.5) is 5.69 Å². The van der Waals surface area contributed by atoms with E-state index in [1.54, 1.807) is 0 Å². The second-order valence-corrected chi connectivity index (χ2v) is 9.49. The molecule has 0 saturated carbocycles. The van der Waals surface area contributed by atoms with Gasteiger partial charge in [-0.3, -0.25) is 4.79 Å². The molecule has 1 heterocycles. The van der Waals surface area contributed by atoms with Gasteiger partial charge in [-0.05, 0) is 47.2 Å². The Morgan fingerprint density at radius 1 is 0.824 bits per heavy atom. The van der Waals surface area contributed by atoms with Crippen LogP contribution in [0.1, 0.15) is 40.2 Å². The van der Waals surface area contributed by atoms with Crippen LogP contribution in [0.3, 0.4) is 0 Å². The van der Waals surface area contributed by atoms with Crippen LogP contribution in [0.25, 0.3) is 5.57 Å². The fraction of sp³-hybridized carbons (Fsp3) is 0.156. The van der Waals surface area contributed by atoms with Crippen LogP contribution < -0.4 is 4.90 Å². The third-order valence-corrected chi connectivity index (χ3v) is 7.41. The molecule has 2 atom stereocenters. The molecule has 2 heteroatoms. The molecule has 1 spiro atoms. The molecular formula is C32H27NO. The zero-order valence-corrected chi connectivity index (χ0v) is 19.3. The standard InChI is InChI=1S/C32H27NO/c1-23-17-18-30-29(19-23)32(31(34)33(30)22-24-11-5-2-6-12-24)21-27(25-13-7-3-8-14-25)20-28(32)26-15-9-4-10-16-26/h2-20,28H,21-22H2,1H3/t28-,32-/m1/s1. The van der Waals surface area contributed by atoms with Crippen molar-refractivity contribution < 1.29 is 4.79 Å². The van der Waals surface area contributed by atoms with Gasteiger partial charge >= 0.3 is 0 Å². The van der Waals surface area contributed by atoms with E-state index in [-0.39, 0.29) is 11.8 Å². The summed E-state index contributed by atoms with van der Waals surface area (Å²) in [4.78, 5) is 16.6. The third-order valence-electron chi connectivity index (χ3n) is 7.41. The highest BCUT2D eigenvalue weighted by molar-refractivity contribution is 6.11. The fourth-order valence-electron chi connectivity index (χ4n) is 5.81. The number of rotatable bonds is 4. The number of carbonyl (C=O) groups is 1. The Bertz CT molecular complexity index is 1370. The van der Waals surface area contributed by atoms with Crippen LogP contribution in [0, 0.1) is 6.92 Å². The van der Waals surface area contributed by atoms with Crippen molar-refractivity contribution in [2.24, 2.45) is 0 Å². The molecule has 0 fully saturated rings. The number of anilines is 1. The molecule has 2 nitrogen and oxygen atoms in total. The van der Waals surface area contributed by atoms with E-state index in [1.807, 2.05) is 35.2 Å². The Hall–Kier alpha value is -3.91. The number of nitrogens with zero attached hydrogens (tertiary/aromatic N) is 1. The summed E-state index contributed by atoms with van der Waals surface area (Å²) in [6.07, 6.45) is 3.05. The minimum absolute atomic E-state index is 0.0160. The molecule has 0 bridgehead atoms. The summed E-state index contributed by atoms with van der Waals surface area (Å²) in [5.74, 6) is 0.186. The fourth-order valence-corrected chi connectivity index (χ4v) is 5.81. The smallest absolute Gasteiger partial charge is 0.239 e. The summed E-state index contributed by atoms with van der Waals surface area (Å²) in [7, 11) is 0. The summed E-state index contributed by atoms with van der Waals surface area (Å²) < 4.78 is 0. The lowest BCUT2D eigenvalue weighted by Gasteiger charge is -2.31. The zero-order valence-electron chi connectivity index (χ0n) is 19.3. The number of carbonyl (C=O) groups excluding carboxylic acids is 1. The lowest BCUT2D eigenvalue weighted by molar-refractivity contribution is -0.123. The molecule has 6 rings (SSSR count). The van der Waals surface area contributed by atoms with Crippen LogP contribution >= 0.6 is 0 Å². The highest BCUT2D eigenvalue weighted by Gasteiger charge is 2.58. The second kappa shape index (κ2) is 8.14. The molecule has 166 valence electrons. The lowest BCUT2D eigenvalue weighted by atomic mass is 9.69. The molecular weight excluding hydrogens is 414 g/mol. The molecule has 4 aromatic carbocycles. The van der Waals surface area contributed by atoms with Crippen molar-refractivity contribution in [1.82, 2.24) is 0 Å². The van der Waals surface area contributed by atoms with Gasteiger partial charge in [-0.15, -0.1) is 0 Å². The molecule has 1 amide bonds. The maximum absolute atomic E-state index is 14.6. The summed E-state index contributed by atoms with van der Waals surface area (Å²) >= 11 is 0. The molecule has 0 radical (unpaired) electrons. The van der Waals surface area contributed by atoms with E-state index in [0.717, 1.165) is 16.8 Å². The first kappa shape index (κ1) is 20.7. The van der Waals surface area contributed by atoms with Crippen molar-refractivity contribution in [1.29, 1.82) is 0 Å². The highest BCUT2D eigenvalue weighted by atomic mass is 16.2. The molecule has 0 unspecified atom stereocenters. The third kappa shape index (κ3) is 3.21. The van der Waals surface area contributed by atoms with E-state index in [9.17, 15) is 4.79 Å². The zero-order chi connectivity index (χ0) is 23.1. The minimum Gasteiger partial charge on any atom is -0.307 e. The molecule has 2 aliphatic rings. The van der Waals surface area contributed by atoms with Crippen molar-refractivity contribution >= 4 is 17.2 Å². The molecule has 0 saturated heterocycles. The monoisotopic (exact) mass is 441 g/mol. The summed E-state index contributed by atoms with van der Waals surface area (Å²) in [6.45, 7) is 2.70. The van der Waals surface area contributed by atoms with E-state index < -0.39 is 5.41 Å². The van der Waals surface area contributed by atoms with Gasteiger partial charge in [0, 0.05) is 11.6 Å². The van der Waals surface area contributed by atoms with Gasteiger partial charge in [0.1, 0.15) is 0 Å². The quantitative estimate of drug-likeness (QED) is 0.332. The van der Waals surface area contributed by atoms with E-state index in [0.29, 0.717) is 13.0 Å². The van der Waals surface area contributed by atoms with Crippen LogP contribution in [0.2, 0.25) is 0 Å². The maximum atomic E-state index is 14.6. The first-order valence-corrected chi connectivity index (χ1v) is 11.9. The Morgan fingerprint density at radius 2 is 1.47 bits per heavy atom. The normalized spacial score (nSPS) is 21.1. The number of hydrogen-bond donors (Lipinski definition) is 0. The number of fused-ring (bicyclic) bond motifs is 2. The molecule has 1 aliphatic carbocycles. The summed E-state index contributed by atoms with van der Waals surface area (Å²) in [5.41, 5.74) is 7.53. The number of hydrogen-bond acceptors (Lipinski definition) is 1. The molecule has 0 N–H and O–H groups in total. The predicted molar refractivity (Wildman–Crippen MR) is 139 cm³/mol. The number of allylic oxidation sites excluding steroid dienone is 2. The largest absolute Gasteiger partial charge is 0.307 e. The van der Waals surface area contributed by atoms with Gasteiger partial charge in [0.2, 0.25) is 5.91 Å². The topological polar surface area (TPSA) is 20.3 Å². The Morgan fingerprint density at radius 3 is 2.18 bits per heavy atom. The highest BCUT2D eigenvalue weighted by Crippen LogP contribution is 2.59. The van der Waals surface area contributed by atoms with Crippen LogP contribution in [-0.2, 0) is 16.8 Å². The molecule has 1 aliphatic heterocycles. The van der Waals surface area contributed by atoms with Crippen molar-refractivity contribution in [3.63, 3.8) is 0 Å². The predicted octanol–water partition coefficient (Wildman–Crippen LogP) is 7.05. The summed E-state index contributed by atoms with van der Waals surface area (Å²) in [6, 6.07) is 37.9. The first-order chi connectivity index (χ1) is 16.7. The van der Waals surface area contributed by atoms with Gasteiger partial charge in [-0.2, -0.15) is 0 Å². The number of amides is 1. The van der Waals surface area contributed by atoms with Crippen molar-refractivity contribution in [2.45, 2.75) is 31.2 Å². The van der Waals surface area contributed by atoms with Crippen molar-refractivity contribution in [3.05, 3.63) is 143 Å². The van der Waals surface area contributed by atoms with E-state index in [2.05, 4.69) is 91.9 Å². The second-order valence-electron chi connectivity index (χ2n) is 9.49.